The van der Waals surface area contributed by atoms with Crippen molar-refractivity contribution in [1.29, 1.82) is 0 Å². The van der Waals surface area contributed by atoms with Crippen molar-refractivity contribution in [2.45, 2.75) is 13.8 Å². The van der Waals surface area contributed by atoms with E-state index in [9.17, 15) is 14.4 Å². The van der Waals surface area contributed by atoms with E-state index in [1.54, 1.807) is 4.90 Å². The fraction of sp³-hybridized carbons (Fsp3) is 0.583. The van der Waals surface area contributed by atoms with Gasteiger partial charge in [0.1, 0.15) is 0 Å². The third-order valence-electron chi connectivity index (χ3n) is 3.20. The highest BCUT2D eigenvalue weighted by molar-refractivity contribution is 6.01. The summed E-state index contributed by atoms with van der Waals surface area (Å²) in [4.78, 5) is 37.2. The van der Waals surface area contributed by atoms with Crippen LogP contribution in [0.25, 0.3) is 0 Å². The van der Waals surface area contributed by atoms with Gasteiger partial charge < -0.3 is 19.6 Å². The van der Waals surface area contributed by atoms with E-state index < -0.39 is 12.1 Å². The molecule has 19 heavy (non-hydrogen) atoms. The van der Waals surface area contributed by atoms with Gasteiger partial charge in [-0.25, -0.2) is 9.59 Å². The van der Waals surface area contributed by atoms with Crippen LogP contribution in [0.2, 0.25) is 0 Å². The van der Waals surface area contributed by atoms with Crippen molar-refractivity contribution in [2.24, 2.45) is 0 Å². The Morgan fingerprint density at radius 1 is 0.947 bits per heavy atom. The minimum atomic E-state index is -1.10. The SMILES string of the molecule is COC(=O)N1CCN(C(=O)C(C)=C(C)C(=O)O)CC1. The van der Waals surface area contributed by atoms with Gasteiger partial charge in [0.2, 0.25) is 5.91 Å². The van der Waals surface area contributed by atoms with Crippen LogP contribution in [0.3, 0.4) is 0 Å². The molecule has 1 N–H and O–H groups in total. The normalized spacial score (nSPS) is 16.8. The molecule has 0 saturated carbocycles. The summed E-state index contributed by atoms with van der Waals surface area (Å²) in [6.45, 7) is 4.42. The Labute approximate surface area is 111 Å². The summed E-state index contributed by atoms with van der Waals surface area (Å²) < 4.78 is 4.60. The molecule has 0 atom stereocenters. The van der Waals surface area contributed by atoms with Crippen molar-refractivity contribution < 1.29 is 24.2 Å². The van der Waals surface area contributed by atoms with Crippen LogP contribution in [-0.2, 0) is 14.3 Å². The van der Waals surface area contributed by atoms with Crippen LogP contribution < -0.4 is 0 Å². The molecule has 0 aromatic rings. The standard InChI is InChI=1S/C12H18N2O5/c1-8(9(2)11(16)17)10(15)13-4-6-14(7-5-13)12(18)19-3/h4-7H2,1-3H3,(H,16,17). The topological polar surface area (TPSA) is 87.2 Å². The smallest absolute Gasteiger partial charge is 0.409 e. The summed E-state index contributed by atoms with van der Waals surface area (Å²) in [7, 11) is 1.31. The number of carboxylic acids is 1. The molecule has 0 aromatic heterocycles. The third-order valence-corrected chi connectivity index (χ3v) is 3.20. The molecule has 1 saturated heterocycles. The van der Waals surface area contributed by atoms with Crippen molar-refractivity contribution >= 4 is 18.0 Å². The van der Waals surface area contributed by atoms with Gasteiger partial charge in [-0.3, -0.25) is 4.79 Å². The second-order valence-electron chi connectivity index (χ2n) is 4.30. The number of rotatable bonds is 2. The highest BCUT2D eigenvalue weighted by Gasteiger charge is 2.26. The Kier molecular flexibility index (Phi) is 4.91. The van der Waals surface area contributed by atoms with Crippen molar-refractivity contribution in [3.8, 4) is 0 Å². The number of hydrogen-bond acceptors (Lipinski definition) is 4. The van der Waals surface area contributed by atoms with E-state index in [0.29, 0.717) is 26.2 Å². The number of ether oxygens (including phenoxy) is 1. The number of carbonyl (C=O) groups excluding carboxylic acids is 2. The van der Waals surface area contributed by atoms with Gasteiger partial charge in [0, 0.05) is 37.3 Å². The first kappa shape index (κ1) is 15.0. The highest BCUT2D eigenvalue weighted by atomic mass is 16.5. The lowest BCUT2D eigenvalue weighted by Crippen LogP contribution is -2.50. The van der Waals surface area contributed by atoms with E-state index in [4.69, 9.17) is 5.11 Å². The van der Waals surface area contributed by atoms with Gasteiger partial charge in [-0.15, -0.1) is 0 Å². The Hall–Kier alpha value is -2.05. The van der Waals surface area contributed by atoms with Gasteiger partial charge in [-0.05, 0) is 13.8 Å². The molecule has 0 spiro atoms. The van der Waals surface area contributed by atoms with Crippen LogP contribution in [0, 0.1) is 0 Å². The number of aliphatic carboxylic acids is 1. The summed E-state index contributed by atoms with van der Waals surface area (Å²) in [5.74, 6) is -1.40. The summed E-state index contributed by atoms with van der Waals surface area (Å²) in [6.07, 6.45) is -0.416. The van der Waals surface area contributed by atoms with Gasteiger partial charge >= 0.3 is 12.1 Å². The molecule has 1 aliphatic rings. The molecular weight excluding hydrogens is 252 g/mol. The Balaban J connectivity index is 2.66. The van der Waals surface area contributed by atoms with E-state index in [2.05, 4.69) is 4.74 Å². The van der Waals surface area contributed by atoms with E-state index in [0.717, 1.165) is 0 Å². The lowest BCUT2D eigenvalue weighted by Gasteiger charge is -2.34. The van der Waals surface area contributed by atoms with E-state index >= 15 is 0 Å². The molecule has 0 bridgehead atoms. The second-order valence-corrected chi connectivity index (χ2v) is 4.30. The third kappa shape index (κ3) is 3.46. The molecule has 7 nitrogen and oxygen atoms in total. The largest absolute Gasteiger partial charge is 0.478 e. The van der Waals surface area contributed by atoms with E-state index in [-0.39, 0.29) is 17.1 Å². The van der Waals surface area contributed by atoms with Crippen LogP contribution in [0.4, 0.5) is 4.79 Å². The average molecular weight is 270 g/mol. The monoisotopic (exact) mass is 270 g/mol. The molecule has 1 fully saturated rings. The number of amides is 2. The fourth-order valence-corrected chi connectivity index (χ4v) is 1.78. The predicted octanol–water partition coefficient (Wildman–Crippen LogP) is 0.318. The maximum atomic E-state index is 12.1. The molecule has 0 radical (unpaired) electrons. The number of nitrogens with zero attached hydrogens (tertiary/aromatic N) is 2. The van der Waals surface area contributed by atoms with Gasteiger partial charge in [0.15, 0.2) is 0 Å². The molecule has 0 aromatic carbocycles. The molecular formula is C12H18N2O5. The molecule has 1 rings (SSSR count). The van der Waals surface area contributed by atoms with Gasteiger partial charge in [0.25, 0.3) is 0 Å². The maximum Gasteiger partial charge on any atom is 0.409 e. The quantitative estimate of drug-likeness (QED) is 0.730. The Morgan fingerprint density at radius 2 is 1.42 bits per heavy atom. The lowest BCUT2D eigenvalue weighted by atomic mass is 10.1. The van der Waals surface area contributed by atoms with Crippen molar-refractivity contribution in [3.63, 3.8) is 0 Å². The van der Waals surface area contributed by atoms with Gasteiger partial charge in [0.05, 0.1) is 7.11 Å². The summed E-state index contributed by atoms with van der Waals surface area (Å²) in [6, 6.07) is 0. The number of carboxylic acid groups (broad SMARTS) is 1. The first-order chi connectivity index (χ1) is 8.88. The second kappa shape index (κ2) is 6.21. The van der Waals surface area contributed by atoms with Crippen molar-refractivity contribution in [3.05, 3.63) is 11.1 Å². The molecule has 1 aliphatic heterocycles. The summed E-state index contributed by atoms with van der Waals surface area (Å²) >= 11 is 0. The fourth-order valence-electron chi connectivity index (χ4n) is 1.78. The number of hydrogen-bond donors (Lipinski definition) is 1. The van der Waals surface area contributed by atoms with Crippen LogP contribution in [0.5, 0.6) is 0 Å². The molecule has 1 heterocycles. The molecule has 7 heteroatoms. The van der Waals surface area contributed by atoms with E-state index in [1.165, 1.54) is 25.9 Å². The minimum Gasteiger partial charge on any atom is -0.478 e. The number of piperazine rings is 1. The predicted molar refractivity (Wildman–Crippen MR) is 66.6 cm³/mol. The van der Waals surface area contributed by atoms with Gasteiger partial charge in [-0.1, -0.05) is 0 Å². The van der Waals surface area contributed by atoms with Crippen molar-refractivity contribution in [2.75, 3.05) is 33.3 Å². The van der Waals surface area contributed by atoms with Gasteiger partial charge in [-0.2, -0.15) is 0 Å². The molecule has 2 amide bonds. The number of methoxy groups -OCH3 is 1. The lowest BCUT2D eigenvalue weighted by molar-refractivity contribution is -0.134. The Morgan fingerprint density at radius 3 is 1.84 bits per heavy atom. The summed E-state index contributed by atoms with van der Waals surface area (Å²) in [5, 5.41) is 8.85. The van der Waals surface area contributed by atoms with Crippen LogP contribution in [0.1, 0.15) is 13.8 Å². The van der Waals surface area contributed by atoms with Crippen LogP contribution in [0.15, 0.2) is 11.1 Å². The first-order valence-corrected chi connectivity index (χ1v) is 5.91. The summed E-state index contributed by atoms with van der Waals surface area (Å²) in [5.41, 5.74) is 0.263. The Bertz CT molecular complexity index is 422. The van der Waals surface area contributed by atoms with Crippen LogP contribution >= 0.6 is 0 Å². The zero-order valence-electron chi connectivity index (χ0n) is 11.3. The molecule has 0 unspecified atom stereocenters. The van der Waals surface area contributed by atoms with Crippen LogP contribution in [-0.4, -0.2) is 66.2 Å². The average Bonchev–Trinajstić information content (AvgIpc) is 2.44. The number of carbonyl (C=O) groups is 3. The van der Waals surface area contributed by atoms with Crippen molar-refractivity contribution in [1.82, 2.24) is 9.80 Å². The highest BCUT2D eigenvalue weighted by Crippen LogP contribution is 2.11. The minimum absolute atomic E-state index is 0.0420. The van der Waals surface area contributed by atoms with E-state index in [1.807, 2.05) is 0 Å². The maximum absolute atomic E-state index is 12.1. The molecule has 106 valence electrons. The first-order valence-electron chi connectivity index (χ1n) is 5.91. The molecule has 0 aliphatic carbocycles. The zero-order chi connectivity index (χ0) is 14.6. The zero-order valence-corrected chi connectivity index (χ0v) is 11.3.